The molecule has 4 heteroatoms. The molecule has 0 amide bonds. The molecule has 0 bridgehead atoms. The average molecular weight is 746 g/mol. The number of benzene rings is 9. The van der Waals surface area contributed by atoms with Gasteiger partial charge in [-0.25, -0.2) is 0 Å². The first kappa shape index (κ1) is 34.7. The minimum absolute atomic E-state index is 0.808. The number of fused-ring (bicyclic) bond motifs is 3. The number of hydrogen-bond donors (Lipinski definition) is 0. The molecule has 0 radical (unpaired) electrons. The van der Waals surface area contributed by atoms with Gasteiger partial charge in [0.05, 0.1) is 5.69 Å². The topological polar surface area (TPSA) is 22.9 Å². The van der Waals surface area contributed by atoms with Crippen LogP contribution in [0.3, 0.4) is 0 Å². The normalized spacial score (nSPS) is 11.1. The zero-order valence-corrected chi connectivity index (χ0v) is 31.8. The van der Waals surface area contributed by atoms with Crippen molar-refractivity contribution in [3.05, 3.63) is 237 Å². The molecule has 10 aromatic rings. The van der Waals surface area contributed by atoms with E-state index in [9.17, 15) is 0 Å². The molecular weight excluding hydrogens is 707 g/mol. The number of para-hydroxylation sites is 5. The van der Waals surface area contributed by atoms with Crippen molar-refractivity contribution >= 4 is 73.1 Å². The first-order valence-electron chi connectivity index (χ1n) is 19.6. The molecular formula is C54H39N3O. The van der Waals surface area contributed by atoms with Crippen molar-refractivity contribution in [3.63, 3.8) is 0 Å². The van der Waals surface area contributed by atoms with Gasteiger partial charge in [-0.2, -0.15) is 0 Å². The zero-order valence-electron chi connectivity index (χ0n) is 31.8. The lowest BCUT2D eigenvalue weighted by atomic mass is 10.0. The highest BCUT2D eigenvalue weighted by Crippen LogP contribution is 2.48. The van der Waals surface area contributed by atoms with Crippen LogP contribution in [-0.4, -0.2) is 0 Å². The van der Waals surface area contributed by atoms with Crippen molar-refractivity contribution in [1.82, 2.24) is 0 Å². The largest absolute Gasteiger partial charge is 0.454 e. The van der Waals surface area contributed by atoms with E-state index in [1.165, 1.54) is 11.1 Å². The van der Waals surface area contributed by atoms with Gasteiger partial charge in [0.1, 0.15) is 5.58 Å². The minimum Gasteiger partial charge on any atom is -0.454 e. The summed E-state index contributed by atoms with van der Waals surface area (Å²) in [7, 11) is 0. The molecule has 1 aromatic heterocycles. The highest BCUT2D eigenvalue weighted by Gasteiger charge is 2.24. The van der Waals surface area contributed by atoms with Crippen LogP contribution in [0.2, 0.25) is 0 Å². The van der Waals surface area contributed by atoms with Gasteiger partial charge in [0, 0.05) is 56.3 Å². The number of hydrogen-bond acceptors (Lipinski definition) is 4. The predicted molar refractivity (Wildman–Crippen MR) is 243 cm³/mol. The Hall–Kier alpha value is -7.82. The van der Waals surface area contributed by atoms with Crippen LogP contribution in [0.1, 0.15) is 0 Å². The van der Waals surface area contributed by atoms with E-state index in [4.69, 9.17) is 4.42 Å². The van der Waals surface area contributed by atoms with Crippen LogP contribution in [-0.2, 0) is 0 Å². The van der Waals surface area contributed by atoms with E-state index in [-0.39, 0.29) is 0 Å². The second kappa shape index (κ2) is 15.4. The van der Waals surface area contributed by atoms with Crippen molar-refractivity contribution in [3.8, 4) is 11.1 Å². The van der Waals surface area contributed by atoms with Crippen molar-refractivity contribution in [1.29, 1.82) is 0 Å². The van der Waals surface area contributed by atoms with Gasteiger partial charge in [-0.05, 0) is 114 Å². The van der Waals surface area contributed by atoms with Gasteiger partial charge < -0.3 is 19.1 Å². The van der Waals surface area contributed by atoms with E-state index in [1.54, 1.807) is 0 Å². The Morgan fingerprint density at radius 3 is 1.10 bits per heavy atom. The fourth-order valence-electron chi connectivity index (χ4n) is 7.91. The van der Waals surface area contributed by atoms with Crippen LogP contribution in [0.25, 0.3) is 33.1 Å². The fraction of sp³-hybridized carbons (Fsp3) is 0. The average Bonchev–Trinajstić information content (AvgIpc) is 3.67. The van der Waals surface area contributed by atoms with Gasteiger partial charge in [-0.3, -0.25) is 0 Å². The van der Waals surface area contributed by atoms with Crippen molar-refractivity contribution < 1.29 is 4.42 Å². The molecule has 0 aliphatic heterocycles. The van der Waals surface area contributed by atoms with E-state index < -0.39 is 0 Å². The summed E-state index contributed by atoms with van der Waals surface area (Å²) in [4.78, 5) is 6.94. The van der Waals surface area contributed by atoms with E-state index in [0.717, 1.165) is 73.1 Å². The second-order valence-corrected chi connectivity index (χ2v) is 14.2. The Morgan fingerprint density at radius 2 is 0.621 bits per heavy atom. The summed E-state index contributed by atoms with van der Waals surface area (Å²) in [5.74, 6) is 0. The quantitative estimate of drug-likeness (QED) is 0.139. The maximum atomic E-state index is 6.99. The first-order valence-corrected chi connectivity index (χ1v) is 19.6. The van der Waals surface area contributed by atoms with Gasteiger partial charge in [-0.15, -0.1) is 0 Å². The van der Waals surface area contributed by atoms with Gasteiger partial charge in [-0.1, -0.05) is 133 Å². The molecule has 1 heterocycles. The van der Waals surface area contributed by atoms with Gasteiger partial charge in [0.25, 0.3) is 0 Å². The highest BCUT2D eigenvalue weighted by molar-refractivity contribution is 6.13. The summed E-state index contributed by atoms with van der Waals surface area (Å²) in [5.41, 5.74) is 13.3. The third-order valence-corrected chi connectivity index (χ3v) is 10.6. The van der Waals surface area contributed by atoms with E-state index in [1.807, 2.05) is 0 Å². The molecule has 0 atom stereocenters. The highest BCUT2D eigenvalue weighted by atomic mass is 16.3. The lowest BCUT2D eigenvalue weighted by molar-refractivity contribution is 0.669. The molecule has 0 unspecified atom stereocenters. The summed E-state index contributed by atoms with van der Waals surface area (Å²) in [6.07, 6.45) is 0. The number of furan rings is 1. The third-order valence-electron chi connectivity index (χ3n) is 10.6. The monoisotopic (exact) mass is 745 g/mol. The summed E-state index contributed by atoms with van der Waals surface area (Å²) in [6, 6.07) is 83.2. The lowest BCUT2D eigenvalue weighted by Crippen LogP contribution is -2.13. The molecule has 276 valence electrons. The maximum Gasteiger partial charge on any atom is 0.159 e. The Kier molecular flexibility index (Phi) is 9.18. The van der Waals surface area contributed by atoms with Crippen LogP contribution in [0.4, 0.5) is 51.2 Å². The van der Waals surface area contributed by atoms with Gasteiger partial charge in [0.15, 0.2) is 5.58 Å². The molecule has 58 heavy (non-hydrogen) atoms. The SMILES string of the molecule is c1ccc(-c2ccc(N(c3ccccc3)c3ccc4oc5c(N(c6ccccc6)c6ccccc6)cc(N(c6ccccc6)c6ccccc6)cc5c4c3)cc2)cc1. The molecule has 0 aliphatic carbocycles. The second-order valence-electron chi connectivity index (χ2n) is 14.2. The summed E-state index contributed by atoms with van der Waals surface area (Å²) in [5, 5.41) is 2.05. The van der Waals surface area contributed by atoms with Gasteiger partial charge in [0.2, 0.25) is 0 Å². The smallest absolute Gasteiger partial charge is 0.159 e. The molecule has 0 saturated carbocycles. The number of rotatable bonds is 10. The molecule has 10 rings (SSSR count). The Bertz CT molecular complexity index is 2840. The van der Waals surface area contributed by atoms with Crippen LogP contribution in [0.15, 0.2) is 241 Å². The van der Waals surface area contributed by atoms with Crippen molar-refractivity contribution in [2.75, 3.05) is 14.7 Å². The van der Waals surface area contributed by atoms with Crippen molar-refractivity contribution in [2.24, 2.45) is 0 Å². The summed E-state index contributed by atoms with van der Waals surface area (Å²) < 4.78 is 6.99. The maximum absolute atomic E-state index is 6.99. The molecule has 0 aliphatic rings. The molecule has 0 fully saturated rings. The van der Waals surface area contributed by atoms with Crippen LogP contribution >= 0.6 is 0 Å². The molecule has 9 aromatic carbocycles. The number of nitrogens with zero attached hydrogens (tertiary/aromatic N) is 3. The first-order chi connectivity index (χ1) is 28.8. The number of anilines is 9. The molecule has 0 spiro atoms. The zero-order chi connectivity index (χ0) is 38.7. The van der Waals surface area contributed by atoms with Gasteiger partial charge >= 0.3 is 0 Å². The Morgan fingerprint density at radius 1 is 0.259 bits per heavy atom. The Labute approximate surface area is 338 Å². The van der Waals surface area contributed by atoms with Crippen molar-refractivity contribution in [2.45, 2.75) is 0 Å². The Balaban J connectivity index is 1.22. The minimum atomic E-state index is 0.808. The fourth-order valence-corrected chi connectivity index (χ4v) is 7.91. The predicted octanol–water partition coefficient (Wildman–Crippen LogP) is 15.7. The molecule has 0 N–H and O–H groups in total. The van der Waals surface area contributed by atoms with E-state index in [0.29, 0.717) is 0 Å². The third kappa shape index (κ3) is 6.63. The van der Waals surface area contributed by atoms with E-state index >= 15 is 0 Å². The van der Waals surface area contributed by atoms with E-state index in [2.05, 4.69) is 251 Å². The molecule has 0 saturated heterocycles. The summed E-state index contributed by atoms with van der Waals surface area (Å²) >= 11 is 0. The standard InChI is InChI=1S/C54H39N3O/c1-7-19-40(20-8-1)41-31-33-47(34-32-41)55(42-21-9-2-10-22-42)48-35-36-53-50(37-48)51-38-49(56(43-23-11-3-12-24-43)44-25-13-4-14-26-44)39-52(54(51)58-53)57(45-27-15-5-16-28-45)46-29-17-6-18-30-46/h1-39H. The molecule has 4 nitrogen and oxygen atoms in total. The summed E-state index contributed by atoms with van der Waals surface area (Å²) in [6.45, 7) is 0. The lowest BCUT2D eigenvalue weighted by Gasteiger charge is -2.29. The van der Waals surface area contributed by atoms with Crippen LogP contribution in [0.5, 0.6) is 0 Å². The van der Waals surface area contributed by atoms with Crippen LogP contribution in [0, 0.1) is 0 Å². The van der Waals surface area contributed by atoms with Crippen LogP contribution < -0.4 is 14.7 Å².